The Morgan fingerprint density at radius 2 is 1.87 bits per heavy atom. The van der Waals surface area contributed by atoms with Gasteiger partial charge in [0, 0.05) is 7.11 Å². The lowest BCUT2D eigenvalue weighted by Gasteiger charge is -2.14. The lowest BCUT2D eigenvalue weighted by molar-refractivity contribution is 0.101. The number of ether oxygens (including phenoxy) is 3. The van der Waals surface area contributed by atoms with Crippen molar-refractivity contribution in [3.8, 4) is 11.5 Å². The van der Waals surface area contributed by atoms with Crippen LogP contribution in [0.3, 0.4) is 0 Å². The highest BCUT2D eigenvalue weighted by molar-refractivity contribution is 6.32. The second kappa shape index (κ2) is 8.41. The maximum atomic E-state index is 12.5. The van der Waals surface area contributed by atoms with E-state index in [4.69, 9.17) is 25.8 Å². The molecule has 0 saturated carbocycles. The number of benzene rings is 2. The quantitative estimate of drug-likeness (QED) is 0.785. The highest BCUT2D eigenvalue weighted by atomic mass is 35.5. The van der Waals surface area contributed by atoms with Gasteiger partial charge in [-0.2, -0.15) is 0 Å². The zero-order valence-corrected chi connectivity index (χ0v) is 13.7. The van der Waals surface area contributed by atoms with Crippen molar-refractivity contribution in [1.29, 1.82) is 0 Å². The summed E-state index contributed by atoms with van der Waals surface area (Å²) in [5.74, 6) is 0.599. The van der Waals surface area contributed by atoms with E-state index >= 15 is 0 Å². The van der Waals surface area contributed by atoms with Gasteiger partial charge in [0.05, 0.1) is 30.0 Å². The minimum absolute atomic E-state index is 0.307. The molecule has 122 valence electrons. The van der Waals surface area contributed by atoms with Crippen LogP contribution >= 0.6 is 11.6 Å². The fourth-order valence-corrected chi connectivity index (χ4v) is 2.27. The Morgan fingerprint density at radius 1 is 1.09 bits per heavy atom. The third kappa shape index (κ3) is 4.37. The molecule has 0 unspecified atom stereocenters. The number of halogens is 1. The number of carbonyl (C=O) groups excluding carboxylic acids is 1. The molecule has 1 N–H and O–H groups in total. The van der Waals surface area contributed by atoms with Crippen LogP contribution < -0.4 is 14.8 Å². The molecule has 0 fully saturated rings. The van der Waals surface area contributed by atoms with Crippen LogP contribution in [0.1, 0.15) is 10.4 Å². The van der Waals surface area contributed by atoms with Crippen molar-refractivity contribution in [1.82, 2.24) is 0 Å². The molecule has 0 saturated heterocycles. The Hall–Kier alpha value is -2.24. The van der Waals surface area contributed by atoms with E-state index < -0.39 is 0 Å². The number of carbonyl (C=O) groups is 1. The third-order valence-corrected chi connectivity index (χ3v) is 3.39. The molecule has 2 aromatic carbocycles. The number of rotatable bonds is 7. The van der Waals surface area contributed by atoms with Crippen LogP contribution in [0.25, 0.3) is 0 Å². The van der Waals surface area contributed by atoms with E-state index in [1.807, 2.05) is 0 Å². The summed E-state index contributed by atoms with van der Waals surface area (Å²) >= 11 is 6.06. The highest BCUT2D eigenvalue weighted by Crippen LogP contribution is 2.33. The monoisotopic (exact) mass is 335 g/mol. The van der Waals surface area contributed by atoms with Crippen molar-refractivity contribution in [3.05, 3.63) is 53.1 Å². The summed E-state index contributed by atoms with van der Waals surface area (Å²) in [5, 5.41) is 3.22. The summed E-state index contributed by atoms with van der Waals surface area (Å²) < 4.78 is 15.7. The van der Waals surface area contributed by atoms with Crippen LogP contribution in [0.15, 0.2) is 42.5 Å². The SMILES string of the molecule is COCCOc1ccccc1C(=O)Nc1cccc(Cl)c1OC. The number of hydrogen-bond donors (Lipinski definition) is 1. The van der Waals surface area contributed by atoms with Crippen LogP contribution in [-0.2, 0) is 4.74 Å². The summed E-state index contributed by atoms with van der Waals surface area (Å²) in [6, 6.07) is 12.1. The average Bonchev–Trinajstić information content (AvgIpc) is 2.56. The van der Waals surface area contributed by atoms with Crippen LogP contribution in [0.4, 0.5) is 5.69 Å². The Morgan fingerprint density at radius 3 is 2.61 bits per heavy atom. The number of anilines is 1. The van der Waals surface area contributed by atoms with Crippen molar-refractivity contribution in [2.45, 2.75) is 0 Å². The lowest BCUT2D eigenvalue weighted by atomic mass is 10.1. The Balaban J connectivity index is 2.20. The molecular formula is C17H18ClNO4. The van der Waals surface area contributed by atoms with Gasteiger partial charge in [0.2, 0.25) is 0 Å². The first-order valence-corrected chi connectivity index (χ1v) is 7.39. The van der Waals surface area contributed by atoms with Crippen LogP contribution in [0.5, 0.6) is 11.5 Å². The van der Waals surface area contributed by atoms with Crippen LogP contribution in [0, 0.1) is 0 Å². The molecule has 2 aromatic rings. The van der Waals surface area contributed by atoms with Gasteiger partial charge in [-0.15, -0.1) is 0 Å². The molecule has 0 bridgehead atoms. The van der Waals surface area contributed by atoms with E-state index in [1.165, 1.54) is 7.11 Å². The molecule has 6 heteroatoms. The smallest absolute Gasteiger partial charge is 0.259 e. The van der Waals surface area contributed by atoms with Gasteiger partial charge in [0.15, 0.2) is 5.75 Å². The summed E-state index contributed by atoms with van der Waals surface area (Å²) in [6.45, 7) is 0.805. The molecule has 23 heavy (non-hydrogen) atoms. The first kappa shape index (κ1) is 17.1. The molecule has 0 heterocycles. The molecule has 2 rings (SSSR count). The fraction of sp³-hybridized carbons (Fsp3) is 0.235. The van der Waals surface area contributed by atoms with Crippen molar-refractivity contribution >= 4 is 23.2 Å². The van der Waals surface area contributed by atoms with Crippen LogP contribution in [-0.4, -0.2) is 33.3 Å². The van der Waals surface area contributed by atoms with E-state index in [2.05, 4.69) is 5.32 Å². The Bertz CT molecular complexity index is 675. The van der Waals surface area contributed by atoms with Gasteiger partial charge < -0.3 is 19.5 Å². The molecule has 0 spiro atoms. The van der Waals surface area contributed by atoms with Crippen molar-refractivity contribution in [3.63, 3.8) is 0 Å². The third-order valence-electron chi connectivity index (χ3n) is 3.10. The van der Waals surface area contributed by atoms with Crippen LogP contribution in [0.2, 0.25) is 5.02 Å². The van der Waals surface area contributed by atoms with Gasteiger partial charge in [0.1, 0.15) is 12.4 Å². The second-order valence-corrected chi connectivity index (χ2v) is 5.02. The largest absolute Gasteiger partial charge is 0.493 e. The molecule has 5 nitrogen and oxygen atoms in total. The first-order chi connectivity index (χ1) is 11.2. The normalized spacial score (nSPS) is 10.2. The molecular weight excluding hydrogens is 318 g/mol. The van der Waals surface area contributed by atoms with Crippen molar-refractivity contribution < 1.29 is 19.0 Å². The van der Waals surface area contributed by atoms with Crippen molar-refractivity contribution in [2.24, 2.45) is 0 Å². The number of para-hydroxylation sites is 2. The minimum atomic E-state index is -0.307. The van der Waals surface area contributed by atoms with E-state index in [0.717, 1.165) is 0 Å². The lowest BCUT2D eigenvalue weighted by Crippen LogP contribution is -2.15. The number of methoxy groups -OCH3 is 2. The van der Waals surface area contributed by atoms with Gasteiger partial charge in [-0.25, -0.2) is 0 Å². The van der Waals surface area contributed by atoms with E-state index in [9.17, 15) is 4.79 Å². The predicted molar refractivity (Wildman–Crippen MR) is 89.8 cm³/mol. The van der Waals surface area contributed by atoms with Gasteiger partial charge in [0.25, 0.3) is 5.91 Å². The molecule has 0 atom stereocenters. The molecule has 0 aliphatic carbocycles. The average molecular weight is 336 g/mol. The molecule has 0 aliphatic heterocycles. The molecule has 0 aliphatic rings. The maximum Gasteiger partial charge on any atom is 0.259 e. The second-order valence-electron chi connectivity index (χ2n) is 4.61. The van der Waals surface area contributed by atoms with Gasteiger partial charge >= 0.3 is 0 Å². The fourth-order valence-electron chi connectivity index (χ4n) is 2.02. The zero-order valence-electron chi connectivity index (χ0n) is 13.0. The predicted octanol–water partition coefficient (Wildman–Crippen LogP) is 3.63. The summed E-state index contributed by atoms with van der Waals surface area (Å²) in [5.41, 5.74) is 0.919. The Labute approximate surface area is 140 Å². The van der Waals surface area contributed by atoms with E-state index in [-0.39, 0.29) is 5.91 Å². The molecule has 0 radical (unpaired) electrons. The maximum absolute atomic E-state index is 12.5. The summed E-state index contributed by atoms with van der Waals surface area (Å²) in [6.07, 6.45) is 0. The molecule has 0 aromatic heterocycles. The number of amides is 1. The number of hydrogen-bond acceptors (Lipinski definition) is 4. The minimum Gasteiger partial charge on any atom is -0.493 e. The highest BCUT2D eigenvalue weighted by Gasteiger charge is 2.15. The topological polar surface area (TPSA) is 56.8 Å². The summed E-state index contributed by atoms with van der Waals surface area (Å²) in [7, 11) is 3.09. The zero-order chi connectivity index (χ0) is 16.7. The van der Waals surface area contributed by atoms with E-state index in [0.29, 0.717) is 41.0 Å². The van der Waals surface area contributed by atoms with Gasteiger partial charge in [-0.1, -0.05) is 29.8 Å². The standard InChI is InChI=1S/C17H18ClNO4/c1-21-10-11-23-15-9-4-3-6-12(15)17(20)19-14-8-5-7-13(18)16(14)22-2/h3-9H,10-11H2,1-2H3,(H,19,20). The van der Waals surface area contributed by atoms with Gasteiger partial charge in [-0.05, 0) is 24.3 Å². The molecule has 1 amide bonds. The summed E-state index contributed by atoms with van der Waals surface area (Å²) in [4.78, 5) is 12.5. The van der Waals surface area contributed by atoms with Crippen molar-refractivity contribution in [2.75, 3.05) is 32.8 Å². The van der Waals surface area contributed by atoms with E-state index in [1.54, 1.807) is 49.6 Å². The number of nitrogens with one attached hydrogen (secondary N) is 1. The van der Waals surface area contributed by atoms with Gasteiger partial charge in [-0.3, -0.25) is 4.79 Å². The Kier molecular flexibility index (Phi) is 6.26. The first-order valence-electron chi connectivity index (χ1n) is 7.02.